The van der Waals surface area contributed by atoms with Gasteiger partial charge in [0.2, 0.25) is 10.3 Å². The van der Waals surface area contributed by atoms with Crippen molar-refractivity contribution in [2.75, 3.05) is 22.9 Å². The van der Waals surface area contributed by atoms with Gasteiger partial charge in [-0.2, -0.15) is 8.42 Å². The summed E-state index contributed by atoms with van der Waals surface area (Å²) in [7, 11) is -2.80. The third kappa shape index (κ3) is 5.69. The van der Waals surface area contributed by atoms with Gasteiger partial charge in [-0.05, 0) is 12.1 Å². The van der Waals surface area contributed by atoms with Crippen LogP contribution in [0.3, 0.4) is 0 Å². The summed E-state index contributed by atoms with van der Waals surface area (Å²) in [5.74, 6) is -0.847. The van der Waals surface area contributed by atoms with E-state index in [1.165, 1.54) is 7.11 Å². The summed E-state index contributed by atoms with van der Waals surface area (Å²) in [4.78, 5) is 23.2. The van der Waals surface area contributed by atoms with E-state index in [4.69, 9.17) is 0 Å². The van der Waals surface area contributed by atoms with Crippen LogP contribution in [0.25, 0.3) is 0 Å². The number of hydrogen-bond acceptors (Lipinski definition) is 12. The van der Waals surface area contributed by atoms with E-state index in [0.29, 0.717) is 21.2 Å². The third-order valence-electron chi connectivity index (χ3n) is 3.06. The Morgan fingerprint density at radius 1 is 1.07 bits per heavy atom. The van der Waals surface area contributed by atoms with Crippen molar-refractivity contribution in [2.24, 2.45) is 0 Å². The molecule has 2 aromatic heterocycles. The quantitative estimate of drug-likeness (QED) is 0.281. The summed E-state index contributed by atoms with van der Waals surface area (Å²) in [5.41, 5.74) is 0.399. The first kappa shape index (κ1) is 21.1. The van der Waals surface area contributed by atoms with Crippen molar-refractivity contribution in [3.8, 4) is 0 Å². The number of aromatic nitrogens is 4. The van der Waals surface area contributed by atoms with Crippen molar-refractivity contribution in [1.29, 1.82) is 0 Å². The number of thioether (sulfide) groups is 1. The first-order chi connectivity index (χ1) is 13.9. The van der Waals surface area contributed by atoms with Gasteiger partial charge in [-0.15, -0.1) is 20.4 Å². The number of amides is 1. The van der Waals surface area contributed by atoms with Crippen LogP contribution in [-0.2, 0) is 19.6 Å². The van der Waals surface area contributed by atoms with Gasteiger partial charge < -0.3 is 4.74 Å². The highest BCUT2D eigenvalue weighted by atomic mass is 32.2. The Hall–Kier alpha value is -2.62. The van der Waals surface area contributed by atoms with Crippen molar-refractivity contribution < 1.29 is 22.7 Å². The molecule has 0 unspecified atom stereocenters. The molecular weight excluding hydrogens is 460 g/mol. The number of rotatable bonds is 8. The molecule has 0 spiro atoms. The Morgan fingerprint density at radius 3 is 2.52 bits per heavy atom. The maximum Gasteiger partial charge on any atom is 0.316 e. The van der Waals surface area contributed by atoms with Crippen molar-refractivity contribution in [2.45, 2.75) is 8.68 Å². The van der Waals surface area contributed by atoms with Crippen LogP contribution in [0.1, 0.15) is 10.4 Å². The molecule has 11 nitrogen and oxygen atoms in total. The van der Waals surface area contributed by atoms with Gasteiger partial charge in [-0.3, -0.25) is 19.6 Å². The first-order valence-corrected chi connectivity index (χ1v) is 11.7. The zero-order valence-corrected chi connectivity index (χ0v) is 17.8. The van der Waals surface area contributed by atoms with Gasteiger partial charge in [0.15, 0.2) is 4.34 Å². The lowest BCUT2D eigenvalue weighted by Crippen LogP contribution is -2.12. The van der Waals surface area contributed by atoms with Crippen LogP contribution in [0.4, 0.5) is 10.3 Å². The van der Waals surface area contributed by atoms with E-state index in [1.54, 1.807) is 30.3 Å². The second-order valence-corrected chi connectivity index (χ2v) is 10.1. The lowest BCUT2D eigenvalue weighted by molar-refractivity contribution is -0.137. The molecule has 2 N–H and O–H groups in total. The van der Waals surface area contributed by atoms with Gasteiger partial charge in [-0.1, -0.05) is 52.6 Å². The average Bonchev–Trinajstić information content (AvgIpc) is 3.36. The van der Waals surface area contributed by atoms with Crippen LogP contribution in [-0.4, -0.2) is 53.6 Å². The molecule has 1 aromatic carbocycles. The van der Waals surface area contributed by atoms with Gasteiger partial charge in [0.1, 0.15) is 0 Å². The molecule has 2 heterocycles. The summed E-state index contributed by atoms with van der Waals surface area (Å²) in [5, 5.41) is 17.3. The van der Waals surface area contributed by atoms with Crippen LogP contribution in [0.5, 0.6) is 0 Å². The number of ether oxygens (including phenoxy) is 1. The highest BCUT2D eigenvalue weighted by Gasteiger charge is 2.23. The number of anilines is 2. The van der Waals surface area contributed by atoms with E-state index in [1.807, 2.05) is 0 Å². The molecule has 152 valence electrons. The maximum absolute atomic E-state index is 12.4. The molecule has 0 fully saturated rings. The predicted octanol–water partition coefficient (Wildman–Crippen LogP) is 1.71. The van der Waals surface area contributed by atoms with Crippen LogP contribution in [0, 0.1) is 0 Å². The monoisotopic (exact) mass is 472 g/mol. The first-order valence-electron chi connectivity index (χ1n) is 7.63. The lowest BCUT2D eigenvalue weighted by atomic mass is 10.2. The Bertz CT molecular complexity index is 1110. The molecule has 29 heavy (non-hydrogen) atoms. The fourth-order valence-electron chi connectivity index (χ4n) is 1.78. The number of hydrogen-bond donors (Lipinski definition) is 2. The number of nitrogens with zero attached hydrogens (tertiary/aromatic N) is 4. The molecule has 0 aliphatic rings. The number of carbonyl (C=O) groups excluding carboxylic acids is 2. The number of sulfonamides is 1. The minimum atomic E-state index is -4.06. The molecule has 1 amide bonds. The van der Waals surface area contributed by atoms with Gasteiger partial charge in [0.25, 0.3) is 20.3 Å². The molecule has 0 aliphatic carbocycles. The summed E-state index contributed by atoms with van der Waals surface area (Å²) in [6, 6.07) is 8.40. The van der Waals surface area contributed by atoms with Crippen LogP contribution >= 0.6 is 34.4 Å². The largest absolute Gasteiger partial charge is 0.468 e. The van der Waals surface area contributed by atoms with Crippen LogP contribution < -0.4 is 10.0 Å². The summed E-state index contributed by atoms with van der Waals surface area (Å²) < 4.78 is 31.7. The molecular formula is C14H12N6O5S4. The smallest absolute Gasteiger partial charge is 0.316 e. The summed E-state index contributed by atoms with van der Waals surface area (Å²) >= 11 is 2.71. The third-order valence-corrected chi connectivity index (χ3v) is 7.68. The highest BCUT2D eigenvalue weighted by molar-refractivity contribution is 8.01. The molecule has 0 saturated heterocycles. The predicted molar refractivity (Wildman–Crippen MR) is 108 cm³/mol. The van der Waals surface area contributed by atoms with Crippen molar-refractivity contribution in [3.63, 3.8) is 0 Å². The number of nitrogens with one attached hydrogen (secondary N) is 2. The molecule has 0 bridgehead atoms. The minimum Gasteiger partial charge on any atom is -0.468 e. The second kappa shape index (κ2) is 9.25. The fraction of sp³-hybridized carbons (Fsp3) is 0.143. The van der Waals surface area contributed by atoms with Crippen molar-refractivity contribution >= 4 is 66.6 Å². The maximum atomic E-state index is 12.4. The standard InChI is InChI=1S/C14H12N6O5S4/c1-25-9(21)7-26-13-18-17-12(27-13)20-29(23,24)14-19-16-11(28-14)15-10(22)8-5-3-2-4-6-8/h2-6H,7H2,1H3,(H,17,20)(H,15,16,22). The minimum absolute atomic E-state index is 0.00226. The van der Waals surface area contributed by atoms with E-state index in [0.717, 1.165) is 23.1 Å². The van der Waals surface area contributed by atoms with Gasteiger partial charge >= 0.3 is 5.97 Å². The summed E-state index contributed by atoms with van der Waals surface area (Å²) in [6.07, 6.45) is 0. The number of methoxy groups -OCH3 is 1. The van der Waals surface area contributed by atoms with E-state index < -0.39 is 21.9 Å². The fourth-order valence-corrected chi connectivity index (χ4v) is 5.49. The highest BCUT2D eigenvalue weighted by Crippen LogP contribution is 2.28. The Balaban J connectivity index is 1.64. The molecule has 0 atom stereocenters. The Morgan fingerprint density at radius 2 is 1.79 bits per heavy atom. The molecule has 3 aromatic rings. The van der Waals surface area contributed by atoms with Crippen LogP contribution in [0.2, 0.25) is 0 Å². The van der Waals surface area contributed by atoms with E-state index in [9.17, 15) is 18.0 Å². The van der Waals surface area contributed by atoms with Gasteiger partial charge in [0, 0.05) is 5.56 Å². The SMILES string of the molecule is COC(=O)CSc1nnc(NS(=O)(=O)c2nnc(NC(=O)c3ccccc3)s2)s1. The van der Waals surface area contributed by atoms with E-state index in [-0.39, 0.29) is 20.4 Å². The zero-order chi connectivity index (χ0) is 20.9. The Labute approximate surface area is 177 Å². The number of esters is 1. The second-order valence-electron chi connectivity index (χ2n) is 5.04. The summed E-state index contributed by atoms with van der Waals surface area (Å²) in [6.45, 7) is 0. The number of benzene rings is 1. The van der Waals surface area contributed by atoms with Crippen LogP contribution in [0.15, 0.2) is 39.0 Å². The Kier molecular flexibility index (Phi) is 6.73. The molecule has 0 saturated carbocycles. The van der Waals surface area contributed by atoms with Gasteiger partial charge in [0.05, 0.1) is 12.9 Å². The normalized spacial score (nSPS) is 11.1. The molecule has 3 rings (SSSR count). The zero-order valence-electron chi connectivity index (χ0n) is 14.6. The molecule has 15 heteroatoms. The molecule has 0 aliphatic heterocycles. The lowest BCUT2D eigenvalue weighted by Gasteiger charge is -2.00. The van der Waals surface area contributed by atoms with Gasteiger partial charge in [-0.25, -0.2) is 0 Å². The van der Waals surface area contributed by atoms with E-state index >= 15 is 0 Å². The van der Waals surface area contributed by atoms with E-state index in [2.05, 4.69) is 35.2 Å². The number of carbonyl (C=O) groups is 2. The average molecular weight is 473 g/mol. The van der Waals surface area contributed by atoms with Crippen molar-refractivity contribution in [3.05, 3.63) is 35.9 Å². The molecule has 0 radical (unpaired) electrons. The topological polar surface area (TPSA) is 153 Å². The van der Waals surface area contributed by atoms with Crippen molar-refractivity contribution in [1.82, 2.24) is 20.4 Å².